The van der Waals surface area contributed by atoms with Crippen molar-refractivity contribution in [3.05, 3.63) is 83.7 Å². The van der Waals surface area contributed by atoms with Crippen LogP contribution in [0.5, 0.6) is 0 Å². The summed E-state index contributed by atoms with van der Waals surface area (Å²) in [5.41, 5.74) is -1.19. The molecule has 2 aromatic carbocycles. The predicted octanol–water partition coefficient (Wildman–Crippen LogP) is 5.46. The first-order valence-electron chi connectivity index (χ1n) is 9.12. The van der Waals surface area contributed by atoms with Gasteiger partial charge >= 0.3 is 12.3 Å². The van der Waals surface area contributed by atoms with Gasteiger partial charge in [-0.25, -0.2) is 9.48 Å². The van der Waals surface area contributed by atoms with E-state index in [4.69, 9.17) is 9.47 Å². The van der Waals surface area contributed by atoms with E-state index in [-0.39, 0.29) is 17.9 Å². The Morgan fingerprint density at radius 1 is 1.10 bits per heavy atom. The molecule has 1 aromatic heterocycles. The van der Waals surface area contributed by atoms with Gasteiger partial charge in [0.2, 0.25) is 0 Å². The number of carbonyl (C=O) groups excluding carboxylic acids is 1. The minimum Gasteiger partial charge on any atom is -0.434 e. The molecule has 0 aliphatic rings. The molecule has 31 heavy (non-hydrogen) atoms. The summed E-state index contributed by atoms with van der Waals surface area (Å²) in [6.07, 6.45) is -4.44. The third kappa shape index (κ3) is 4.93. The van der Waals surface area contributed by atoms with Gasteiger partial charge in [0.25, 0.3) is 0 Å². The molecule has 0 N–H and O–H groups in total. The summed E-state index contributed by atoms with van der Waals surface area (Å²) in [6.45, 7) is 1.46. The number of hydrogen-bond donors (Lipinski definition) is 0. The van der Waals surface area contributed by atoms with Crippen molar-refractivity contribution in [3.8, 4) is 11.8 Å². The maximum Gasteiger partial charge on any atom is 0.513 e. The number of carbonyl (C=O) groups is 1. The second-order valence-corrected chi connectivity index (χ2v) is 6.13. The Balaban J connectivity index is 2.19. The Morgan fingerprint density at radius 2 is 1.77 bits per heavy atom. The number of hydrogen-bond acceptors (Lipinski definition) is 5. The Labute approximate surface area is 175 Å². The summed E-state index contributed by atoms with van der Waals surface area (Å²) in [7, 11) is 0. The molecule has 0 aliphatic carbocycles. The molecule has 0 amide bonds. The third-order valence-electron chi connectivity index (χ3n) is 4.13. The van der Waals surface area contributed by atoms with Gasteiger partial charge in [-0.2, -0.15) is 23.5 Å². The highest BCUT2D eigenvalue weighted by molar-refractivity contribution is 5.96. The highest BCUT2D eigenvalue weighted by atomic mass is 19.4. The Morgan fingerprint density at radius 3 is 2.42 bits per heavy atom. The van der Waals surface area contributed by atoms with Crippen LogP contribution in [0.25, 0.3) is 17.0 Å². The van der Waals surface area contributed by atoms with E-state index in [2.05, 4.69) is 5.10 Å². The van der Waals surface area contributed by atoms with Gasteiger partial charge in [0.15, 0.2) is 5.76 Å². The molecule has 0 saturated heterocycles. The topological polar surface area (TPSA) is 77.1 Å². The standard InChI is InChI=1S/C22H16F3N3O3/c1-2-30-21(29)31-20(16-10-6-7-11-18(16)22(23,24)25)17(14-26)19-12-13-28(27-19)15-8-4-3-5-9-15/h3-13H,2H2,1H3/b20-17-. The fourth-order valence-electron chi connectivity index (χ4n) is 2.81. The predicted molar refractivity (Wildman–Crippen MR) is 106 cm³/mol. The monoisotopic (exact) mass is 427 g/mol. The van der Waals surface area contributed by atoms with Crippen molar-refractivity contribution in [1.29, 1.82) is 5.26 Å². The molecule has 9 heteroatoms. The van der Waals surface area contributed by atoms with E-state index in [9.17, 15) is 23.2 Å². The first kappa shape index (κ1) is 21.6. The maximum absolute atomic E-state index is 13.6. The summed E-state index contributed by atoms with van der Waals surface area (Å²) in [4.78, 5) is 12.0. The van der Waals surface area contributed by atoms with Crippen LogP contribution < -0.4 is 0 Å². The quantitative estimate of drug-likeness (QED) is 0.307. The number of benzene rings is 2. The molecule has 0 fully saturated rings. The number of nitriles is 1. The van der Waals surface area contributed by atoms with Gasteiger partial charge in [-0.15, -0.1) is 0 Å². The minimum absolute atomic E-state index is 0.0302. The number of aromatic nitrogens is 2. The van der Waals surface area contributed by atoms with E-state index in [0.717, 1.165) is 12.1 Å². The van der Waals surface area contributed by atoms with Crippen molar-refractivity contribution in [2.75, 3.05) is 6.61 Å². The van der Waals surface area contributed by atoms with Crippen LogP contribution in [0.3, 0.4) is 0 Å². The van der Waals surface area contributed by atoms with Crippen molar-refractivity contribution in [3.63, 3.8) is 0 Å². The van der Waals surface area contributed by atoms with Crippen molar-refractivity contribution in [2.24, 2.45) is 0 Å². The van der Waals surface area contributed by atoms with Gasteiger partial charge in [-0.05, 0) is 31.2 Å². The fourth-order valence-corrected chi connectivity index (χ4v) is 2.81. The Hall–Kier alpha value is -4.06. The molecule has 1 heterocycles. The lowest BCUT2D eigenvalue weighted by Gasteiger charge is -2.16. The number of ether oxygens (including phenoxy) is 2. The SMILES string of the molecule is CCOC(=O)O/C(=C(/C#N)c1ccn(-c2ccccc2)n1)c1ccccc1C(F)(F)F. The van der Waals surface area contributed by atoms with E-state index < -0.39 is 29.2 Å². The zero-order valence-corrected chi connectivity index (χ0v) is 16.3. The van der Waals surface area contributed by atoms with Gasteiger partial charge < -0.3 is 9.47 Å². The number of rotatable bonds is 5. The van der Waals surface area contributed by atoms with Gasteiger partial charge in [0.1, 0.15) is 17.3 Å². The Bertz CT molecular complexity index is 1150. The van der Waals surface area contributed by atoms with Crippen LogP contribution in [0, 0.1) is 11.3 Å². The van der Waals surface area contributed by atoms with Crippen LogP contribution in [-0.4, -0.2) is 22.5 Å². The highest BCUT2D eigenvalue weighted by Gasteiger charge is 2.36. The summed E-state index contributed by atoms with van der Waals surface area (Å²) < 4.78 is 52.0. The van der Waals surface area contributed by atoms with Crippen LogP contribution >= 0.6 is 0 Å². The molecule has 0 atom stereocenters. The first-order chi connectivity index (χ1) is 14.8. The molecule has 0 unspecified atom stereocenters. The summed E-state index contributed by atoms with van der Waals surface area (Å²) in [5.74, 6) is -0.591. The number of para-hydroxylation sites is 1. The maximum atomic E-state index is 13.6. The average molecular weight is 427 g/mol. The van der Waals surface area contributed by atoms with E-state index in [1.807, 2.05) is 12.1 Å². The average Bonchev–Trinajstić information content (AvgIpc) is 3.24. The molecule has 6 nitrogen and oxygen atoms in total. The minimum atomic E-state index is -4.75. The second-order valence-electron chi connectivity index (χ2n) is 6.13. The Kier molecular flexibility index (Phi) is 6.40. The zero-order chi connectivity index (χ0) is 22.4. The van der Waals surface area contributed by atoms with Crippen molar-refractivity contribution < 1.29 is 27.4 Å². The van der Waals surface area contributed by atoms with Crippen LogP contribution in [0.2, 0.25) is 0 Å². The molecule has 0 saturated carbocycles. The molecule has 0 bridgehead atoms. The molecule has 158 valence electrons. The fraction of sp³-hybridized carbons (Fsp3) is 0.136. The molecular formula is C22H16F3N3O3. The van der Waals surface area contributed by atoms with Crippen LogP contribution in [0.1, 0.15) is 23.7 Å². The van der Waals surface area contributed by atoms with Gasteiger partial charge in [0.05, 0.1) is 17.9 Å². The van der Waals surface area contributed by atoms with E-state index in [1.165, 1.54) is 29.8 Å². The van der Waals surface area contributed by atoms with E-state index in [0.29, 0.717) is 5.69 Å². The van der Waals surface area contributed by atoms with Crippen molar-refractivity contribution >= 4 is 17.5 Å². The molecule has 0 aliphatic heterocycles. The van der Waals surface area contributed by atoms with Gasteiger partial charge in [0, 0.05) is 11.8 Å². The summed E-state index contributed by atoms with van der Waals surface area (Å²) in [6, 6.07) is 16.7. The molecule has 3 rings (SSSR count). The molecule has 0 spiro atoms. The first-order valence-corrected chi connectivity index (χ1v) is 9.12. The van der Waals surface area contributed by atoms with Crippen LogP contribution in [-0.2, 0) is 15.7 Å². The number of allylic oxidation sites excluding steroid dienone is 1. The lowest BCUT2D eigenvalue weighted by Crippen LogP contribution is -2.13. The lowest BCUT2D eigenvalue weighted by atomic mass is 10.0. The number of nitrogens with zero attached hydrogens (tertiary/aromatic N) is 3. The molecular weight excluding hydrogens is 411 g/mol. The normalized spacial score (nSPS) is 12.0. The third-order valence-corrected chi connectivity index (χ3v) is 4.13. The number of alkyl halides is 3. The van der Waals surface area contributed by atoms with Crippen LogP contribution in [0.15, 0.2) is 66.9 Å². The molecule has 3 aromatic rings. The largest absolute Gasteiger partial charge is 0.513 e. The van der Waals surface area contributed by atoms with Crippen molar-refractivity contribution in [1.82, 2.24) is 9.78 Å². The van der Waals surface area contributed by atoms with Gasteiger partial charge in [-0.3, -0.25) is 0 Å². The molecule has 0 radical (unpaired) electrons. The lowest BCUT2D eigenvalue weighted by molar-refractivity contribution is -0.137. The second kappa shape index (κ2) is 9.17. The smallest absolute Gasteiger partial charge is 0.434 e. The van der Waals surface area contributed by atoms with Gasteiger partial charge in [-0.1, -0.05) is 36.4 Å². The van der Waals surface area contributed by atoms with Crippen LogP contribution in [0.4, 0.5) is 18.0 Å². The zero-order valence-electron chi connectivity index (χ0n) is 16.3. The highest BCUT2D eigenvalue weighted by Crippen LogP contribution is 2.37. The van der Waals surface area contributed by atoms with E-state index >= 15 is 0 Å². The number of halogens is 3. The summed E-state index contributed by atoms with van der Waals surface area (Å²) in [5, 5.41) is 14.0. The van der Waals surface area contributed by atoms with Crippen molar-refractivity contribution in [2.45, 2.75) is 13.1 Å². The summed E-state index contributed by atoms with van der Waals surface area (Å²) >= 11 is 0. The van der Waals surface area contributed by atoms with E-state index in [1.54, 1.807) is 30.5 Å².